The number of hydrogen-bond donors (Lipinski definition) is 0. The van der Waals surface area contributed by atoms with E-state index in [1.807, 2.05) is 0 Å². The molecule has 16 heavy (non-hydrogen) atoms. The van der Waals surface area contributed by atoms with E-state index in [9.17, 15) is 0 Å². The van der Waals surface area contributed by atoms with Crippen molar-refractivity contribution < 1.29 is 0 Å². The second-order valence-corrected chi connectivity index (χ2v) is 5.50. The van der Waals surface area contributed by atoms with Crippen LogP contribution in [-0.2, 0) is 0 Å². The Labute approximate surface area is 98.7 Å². The van der Waals surface area contributed by atoms with Crippen molar-refractivity contribution in [1.82, 2.24) is 4.90 Å². The van der Waals surface area contributed by atoms with Crippen LogP contribution in [0.3, 0.4) is 0 Å². The summed E-state index contributed by atoms with van der Waals surface area (Å²) < 4.78 is 0. The van der Waals surface area contributed by atoms with E-state index in [0.29, 0.717) is 11.8 Å². The van der Waals surface area contributed by atoms with Gasteiger partial charge in [-0.1, -0.05) is 20.8 Å². The van der Waals surface area contributed by atoms with Crippen molar-refractivity contribution in [1.29, 1.82) is 0 Å². The van der Waals surface area contributed by atoms with Crippen molar-refractivity contribution in [2.24, 2.45) is 27.7 Å². The first-order valence-electron chi connectivity index (χ1n) is 6.50. The lowest BCUT2D eigenvalue weighted by Crippen LogP contribution is -2.39. The Morgan fingerprint density at radius 3 is 2.50 bits per heavy atom. The Kier molecular flexibility index (Phi) is 3.62. The molecule has 3 heteroatoms. The Balaban J connectivity index is 1.91. The van der Waals surface area contributed by atoms with Crippen molar-refractivity contribution in [2.45, 2.75) is 33.6 Å². The molecular weight excluding hydrogens is 198 g/mol. The quantitative estimate of drug-likeness (QED) is 0.668. The van der Waals surface area contributed by atoms with Crippen molar-refractivity contribution >= 4 is 12.2 Å². The highest BCUT2D eigenvalue weighted by Crippen LogP contribution is 2.19. The van der Waals surface area contributed by atoms with Crippen LogP contribution in [-0.4, -0.2) is 36.7 Å². The van der Waals surface area contributed by atoms with Gasteiger partial charge in [-0.3, -0.25) is 4.99 Å². The molecule has 2 heterocycles. The number of piperidine rings is 1. The topological polar surface area (TPSA) is 28.0 Å². The van der Waals surface area contributed by atoms with Crippen molar-refractivity contribution in [3.8, 4) is 0 Å². The van der Waals surface area contributed by atoms with E-state index in [0.717, 1.165) is 31.5 Å². The Morgan fingerprint density at radius 2 is 2.00 bits per heavy atom. The first-order chi connectivity index (χ1) is 7.66. The number of guanidine groups is 1. The fraction of sp³-hybridized carbons (Fsp3) is 0.846. The van der Waals surface area contributed by atoms with E-state index in [-0.39, 0.29) is 0 Å². The van der Waals surface area contributed by atoms with Gasteiger partial charge in [0.15, 0.2) is 0 Å². The van der Waals surface area contributed by atoms with Crippen LogP contribution in [0.4, 0.5) is 0 Å². The molecule has 0 aromatic carbocycles. The van der Waals surface area contributed by atoms with Gasteiger partial charge < -0.3 is 4.90 Å². The van der Waals surface area contributed by atoms with E-state index >= 15 is 0 Å². The van der Waals surface area contributed by atoms with Gasteiger partial charge in [0.05, 0.1) is 6.54 Å². The summed E-state index contributed by atoms with van der Waals surface area (Å²) in [5.41, 5.74) is 0. The van der Waals surface area contributed by atoms with E-state index in [1.54, 1.807) is 0 Å². The maximum absolute atomic E-state index is 4.63. The van der Waals surface area contributed by atoms with Crippen molar-refractivity contribution in [3.63, 3.8) is 0 Å². The molecule has 0 N–H and O–H groups in total. The van der Waals surface area contributed by atoms with Gasteiger partial charge in [-0.2, -0.15) is 0 Å². The summed E-state index contributed by atoms with van der Waals surface area (Å²) in [7, 11) is 0. The van der Waals surface area contributed by atoms with Gasteiger partial charge in [0, 0.05) is 25.2 Å². The second-order valence-electron chi connectivity index (χ2n) is 5.50. The molecule has 0 bridgehead atoms. The van der Waals surface area contributed by atoms with Gasteiger partial charge in [-0.15, -0.1) is 0 Å². The molecule has 2 aliphatic heterocycles. The SMILES string of the molecule is CC1CCN(C2=NCC(C(C)C)C=N2)CC1. The number of rotatable bonds is 1. The molecule has 0 aromatic rings. The highest BCUT2D eigenvalue weighted by Gasteiger charge is 2.21. The minimum atomic E-state index is 0.535. The normalized spacial score (nSPS) is 27.4. The van der Waals surface area contributed by atoms with Crippen LogP contribution in [0.15, 0.2) is 9.98 Å². The Bertz CT molecular complexity index is 286. The summed E-state index contributed by atoms with van der Waals surface area (Å²) in [5, 5.41) is 0. The number of likely N-dealkylation sites (tertiary alicyclic amines) is 1. The van der Waals surface area contributed by atoms with E-state index < -0.39 is 0 Å². The molecule has 1 saturated heterocycles. The lowest BCUT2D eigenvalue weighted by Gasteiger charge is -2.32. The predicted octanol–water partition coefficient (Wildman–Crippen LogP) is 2.43. The summed E-state index contributed by atoms with van der Waals surface area (Å²) in [4.78, 5) is 11.5. The average molecular weight is 221 g/mol. The molecule has 2 aliphatic rings. The summed E-state index contributed by atoms with van der Waals surface area (Å²) in [6.45, 7) is 9.98. The van der Waals surface area contributed by atoms with Gasteiger partial charge in [0.25, 0.3) is 0 Å². The van der Waals surface area contributed by atoms with Crippen LogP contribution < -0.4 is 0 Å². The van der Waals surface area contributed by atoms with Crippen molar-refractivity contribution in [2.75, 3.05) is 19.6 Å². The monoisotopic (exact) mass is 221 g/mol. The van der Waals surface area contributed by atoms with E-state index in [2.05, 4.69) is 41.9 Å². The Hall–Kier alpha value is -0.860. The van der Waals surface area contributed by atoms with Gasteiger partial charge in [-0.05, 0) is 24.7 Å². The first kappa shape index (κ1) is 11.6. The summed E-state index contributed by atoms with van der Waals surface area (Å²) in [6.07, 6.45) is 4.66. The van der Waals surface area contributed by atoms with E-state index in [4.69, 9.17) is 0 Å². The third-order valence-corrected chi connectivity index (χ3v) is 3.75. The zero-order valence-corrected chi connectivity index (χ0v) is 10.7. The minimum absolute atomic E-state index is 0.535. The fourth-order valence-corrected chi connectivity index (χ4v) is 2.21. The standard InChI is InChI=1S/C13H23N3/c1-10(2)12-8-14-13(15-9-12)16-6-4-11(3)5-7-16/h8,10-12H,4-7,9H2,1-3H3. The van der Waals surface area contributed by atoms with Crippen LogP contribution in [0.25, 0.3) is 0 Å². The minimum Gasteiger partial charge on any atom is -0.341 e. The Morgan fingerprint density at radius 1 is 1.31 bits per heavy atom. The number of hydrogen-bond acceptors (Lipinski definition) is 3. The molecule has 90 valence electrons. The smallest absolute Gasteiger partial charge is 0.220 e. The molecule has 0 aliphatic carbocycles. The van der Waals surface area contributed by atoms with Crippen LogP contribution in [0, 0.1) is 17.8 Å². The number of aliphatic imine (C=N–C) groups is 2. The molecule has 1 atom stereocenters. The van der Waals surface area contributed by atoms with Crippen molar-refractivity contribution in [3.05, 3.63) is 0 Å². The summed E-state index contributed by atoms with van der Waals surface area (Å²) in [6, 6.07) is 0. The average Bonchev–Trinajstić information content (AvgIpc) is 2.30. The molecule has 3 nitrogen and oxygen atoms in total. The third kappa shape index (κ3) is 2.63. The molecule has 0 amide bonds. The van der Waals surface area contributed by atoms with Gasteiger partial charge in [0.1, 0.15) is 0 Å². The predicted molar refractivity (Wildman–Crippen MR) is 69.1 cm³/mol. The maximum atomic E-state index is 4.63. The molecule has 1 fully saturated rings. The molecule has 0 saturated carbocycles. The van der Waals surface area contributed by atoms with Gasteiger partial charge in [-0.25, -0.2) is 4.99 Å². The summed E-state index contributed by atoms with van der Waals surface area (Å²) >= 11 is 0. The van der Waals surface area contributed by atoms with Crippen LogP contribution in [0.5, 0.6) is 0 Å². The highest BCUT2D eigenvalue weighted by molar-refractivity contribution is 5.90. The highest BCUT2D eigenvalue weighted by atomic mass is 15.3. The van der Waals surface area contributed by atoms with Crippen LogP contribution >= 0.6 is 0 Å². The number of nitrogens with zero attached hydrogens (tertiary/aromatic N) is 3. The molecule has 1 unspecified atom stereocenters. The van der Waals surface area contributed by atoms with Gasteiger partial charge >= 0.3 is 0 Å². The second kappa shape index (κ2) is 4.98. The maximum Gasteiger partial charge on any atom is 0.220 e. The molecular formula is C13H23N3. The molecule has 0 radical (unpaired) electrons. The van der Waals surface area contributed by atoms with Crippen LogP contribution in [0.2, 0.25) is 0 Å². The fourth-order valence-electron chi connectivity index (χ4n) is 2.21. The lowest BCUT2D eigenvalue weighted by molar-refractivity contribution is 0.276. The molecule has 0 spiro atoms. The first-order valence-corrected chi connectivity index (χ1v) is 6.50. The lowest BCUT2D eigenvalue weighted by atomic mass is 9.96. The zero-order chi connectivity index (χ0) is 11.5. The van der Waals surface area contributed by atoms with Gasteiger partial charge in [0.2, 0.25) is 5.96 Å². The molecule has 0 aromatic heterocycles. The van der Waals surface area contributed by atoms with Crippen LogP contribution in [0.1, 0.15) is 33.6 Å². The summed E-state index contributed by atoms with van der Waals surface area (Å²) in [5.74, 6) is 3.03. The molecule has 2 rings (SSSR count). The third-order valence-electron chi connectivity index (χ3n) is 3.75. The largest absolute Gasteiger partial charge is 0.341 e. The van der Waals surface area contributed by atoms with E-state index in [1.165, 1.54) is 12.8 Å². The zero-order valence-electron chi connectivity index (χ0n) is 10.7.